The molecule has 1 atom stereocenters. The fourth-order valence-electron chi connectivity index (χ4n) is 2.69. The molecule has 4 heteroatoms. The van der Waals surface area contributed by atoms with Gasteiger partial charge in [-0.2, -0.15) is 0 Å². The van der Waals surface area contributed by atoms with Crippen LogP contribution in [0.4, 0.5) is 11.4 Å². The second kappa shape index (κ2) is 6.06. The predicted octanol–water partition coefficient (Wildman–Crippen LogP) is 2.33. The fraction of sp³-hybridized carbons (Fsp3) is 0.533. The van der Waals surface area contributed by atoms with Crippen molar-refractivity contribution in [3.05, 3.63) is 24.3 Å². The topological polar surface area (TPSA) is 58.4 Å². The number of nitrogens with one attached hydrogen (secondary N) is 1. The molecular formula is C15H23N3O. The number of nitrogen functional groups attached to an aromatic ring is 1. The van der Waals surface area contributed by atoms with Crippen molar-refractivity contribution >= 4 is 17.3 Å². The molecule has 1 aromatic rings. The molecule has 1 unspecified atom stereocenters. The summed E-state index contributed by atoms with van der Waals surface area (Å²) in [6.07, 6.45) is 2.39. The Hall–Kier alpha value is -1.55. The number of carbonyl (C=O) groups is 1. The normalized spacial score (nSPS) is 17.6. The summed E-state index contributed by atoms with van der Waals surface area (Å²) < 4.78 is 0. The number of likely N-dealkylation sites (tertiary alicyclic amines) is 1. The molecule has 4 nitrogen and oxygen atoms in total. The Morgan fingerprint density at radius 2 is 1.79 bits per heavy atom. The van der Waals surface area contributed by atoms with Crippen LogP contribution < -0.4 is 11.1 Å². The number of nitrogens with two attached hydrogens (primary N) is 1. The van der Waals surface area contributed by atoms with Gasteiger partial charge in [0.1, 0.15) is 0 Å². The van der Waals surface area contributed by atoms with Gasteiger partial charge in [-0.1, -0.05) is 13.8 Å². The summed E-state index contributed by atoms with van der Waals surface area (Å²) in [7, 11) is 0. The standard InChI is InChI=1S/C15H23N3O/c1-11(2)14(18-9-3-4-10-18)15(19)17-13-7-5-12(16)6-8-13/h5-8,11,14H,3-4,9-10,16H2,1-2H3,(H,17,19). The highest BCUT2D eigenvalue weighted by molar-refractivity contribution is 5.95. The van der Waals surface area contributed by atoms with Crippen LogP contribution in [0, 0.1) is 5.92 Å². The van der Waals surface area contributed by atoms with Crippen LogP contribution in [-0.4, -0.2) is 29.9 Å². The molecule has 0 bridgehead atoms. The molecule has 19 heavy (non-hydrogen) atoms. The summed E-state index contributed by atoms with van der Waals surface area (Å²) in [6, 6.07) is 7.24. The number of anilines is 2. The van der Waals surface area contributed by atoms with Gasteiger partial charge in [-0.15, -0.1) is 0 Å². The maximum Gasteiger partial charge on any atom is 0.241 e. The maximum atomic E-state index is 12.4. The first-order valence-corrected chi connectivity index (χ1v) is 6.98. The van der Waals surface area contributed by atoms with E-state index in [1.807, 2.05) is 12.1 Å². The van der Waals surface area contributed by atoms with Crippen molar-refractivity contribution in [1.29, 1.82) is 0 Å². The Bertz CT molecular complexity index is 422. The molecule has 0 radical (unpaired) electrons. The van der Waals surface area contributed by atoms with Gasteiger partial charge >= 0.3 is 0 Å². The zero-order chi connectivity index (χ0) is 13.8. The van der Waals surface area contributed by atoms with Gasteiger partial charge in [0.05, 0.1) is 6.04 Å². The van der Waals surface area contributed by atoms with E-state index in [9.17, 15) is 4.79 Å². The van der Waals surface area contributed by atoms with E-state index in [2.05, 4.69) is 24.1 Å². The van der Waals surface area contributed by atoms with E-state index < -0.39 is 0 Å². The van der Waals surface area contributed by atoms with Gasteiger partial charge in [0.25, 0.3) is 0 Å². The van der Waals surface area contributed by atoms with Crippen LogP contribution >= 0.6 is 0 Å². The molecule has 104 valence electrons. The van der Waals surface area contributed by atoms with Crippen LogP contribution in [0.1, 0.15) is 26.7 Å². The average Bonchev–Trinajstić information content (AvgIpc) is 2.85. The Kier molecular flexibility index (Phi) is 4.43. The van der Waals surface area contributed by atoms with Crippen molar-refractivity contribution in [2.75, 3.05) is 24.1 Å². The predicted molar refractivity (Wildman–Crippen MR) is 78.9 cm³/mol. The molecular weight excluding hydrogens is 238 g/mol. The first-order valence-electron chi connectivity index (χ1n) is 6.98. The number of carbonyl (C=O) groups excluding carboxylic acids is 1. The van der Waals surface area contributed by atoms with Gasteiger partial charge in [-0.3, -0.25) is 9.69 Å². The van der Waals surface area contributed by atoms with Gasteiger partial charge in [0.2, 0.25) is 5.91 Å². The molecule has 0 aromatic heterocycles. The molecule has 1 aliphatic rings. The van der Waals surface area contributed by atoms with E-state index >= 15 is 0 Å². The SMILES string of the molecule is CC(C)C(C(=O)Nc1ccc(N)cc1)N1CCCC1. The first-order chi connectivity index (χ1) is 9.08. The van der Waals surface area contributed by atoms with Gasteiger partial charge < -0.3 is 11.1 Å². The van der Waals surface area contributed by atoms with Crippen LogP contribution in [0.25, 0.3) is 0 Å². The van der Waals surface area contributed by atoms with E-state index in [1.54, 1.807) is 12.1 Å². The summed E-state index contributed by atoms with van der Waals surface area (Å²) in [4.78, 5) is 14.7. The molecule has 0 spiro atoms. The highest BCUT2D eigenvalue weighted by Gasteiger charge is 2.30. The Labute approximate surface area is 115 Å². The summed E-state index contributed by atoms with van der Waals surface area (Å²) in [6.45, 7) is 6.26. The van der Waals surface area contributed by atoms with Crippen LogP contribution in [-0.2, 0) is 4.79 Å². The largest absolute Gasteiger partial charge is 0.399 e. The summed E-state index contributed by atoms with van der Waals surface area (Å²) in [5.41, 5.74) is 7.16. The molecule has 1 aliphatic heterocycles. The van der Waals surface area contributed by atoms with E-state index in [4.69, 9.17) is 5.73 Å². The Morgan fingerprint density at radius 1 is 1.21 bits per heavy atom. The number of benzene rings is 1. The van der Waals surface area contributed by atoms with Crippen molar-refractivity contribution in [1.82, 2.24) is 4.90 Å². The molecule has 0 saturated carbocycles. The quantitative estimate of drug-likeness (QED) is 0.818. The molecule has 1 heterocycles. The third-order valence-electron chi connectivity index (χ3n) is 3.61. The number of nitrogens with zero attached hydrogens (tertiary/aromatic N) is 1. The second-order valence-electron chi connectivity index (χ2n) is 5.54. The summed E-state index contributed by atoms with van der Waals surface area (Å²) in [5.74, 6) is 0.397. The minimum atomic E-state index is -0.0416. The fourth-order valence-corrected chi connectivity index (χ4v) is 2.69. The van der Waals surface area contributed by atoms with Crippen LogP contribution in [0.2, 0.25) is 0 Å². The zero-order valence-electron chi connectivity index (χ0n) is 11.7. The minimum absolute atomic E-state index is 0.0416. The number of hydrogen-bond donors (Lipinski definition) is 2. The number of amides is 1. The lowest BCUT2D eigenvalue weighted by molar-refractivity contribution is -0.122. The highest BCUT2D eigenvalue weighted by Crippen LogP contribution is 2.20. The van der Waals surface area contributed by atoms with Crippen molar-refractivity contribution < 1.29 is 4.79 Å². The van der Waals surface area contributed by atoms with Gasteiger partial charge in [-0.25, -0.2) is 0 Å². The molecule has 3 N–H and O–H groups in total. The van der Waals surface area contributed by atoms with Crippen molar-refractivity contribution in [3.8, 4) is 0 Å². The van der Waals surface area contributed by atoms with Gasteiger partial charge in [0, 0.05) is 11.4 Å². The Balaban J connectivity index is 2.05. The smallest absolute Gasteiger partial charge is 0.241 e. The van der Waals surface area contributed by atoms with Crippen LogP contribution in [0.15, 0.2) is 24.3 Å². The van der Waals surface area contributed by atoms with Crippen molar-refractivity contribution in [3.63, 3.8) is 0 Å². The van der Waals surface area contributed by atoms with E-state index in [-0.39, 0.29) is 11.9 Å². The average molecular weight is 261 g/mol. The van der Waals surface area contributed by atoms with Crippen molar-refractivity contribution in [2.45, 2.75) is 32.7 Å². The lowest BCUT2D eigenvalue weighted by Gasteiger charge is -2.29. The highest BCUT2D eigenvalue weighted by atomic mass is 16.2. The van der Waals surface area contributed by atoms with Gasteiger partial charge in [-0.05, 0) is 56.1 Å². The van der Waals surface area contributed by atoms with Gasteiger partial charge in [0.15, 0.2) is 0 Å². The van der Waals surface area contributed by atoms with E-state index in [0.29, 0.717) is 11.6 Å². The monoisotopic (exact) mass is 261 g/mol. The molecule has 1 amide bonds. The summed E-state index contributed by atoms with van der Waals surface area (Å²) in [5, 5.41) is 2.99. The third-order valence-corrected chi connectivity index (χ3v) is 3.61. The van der Waals surface area contributed by atoms with Crippen LogP contribution in [0.3, 0.4) is 0 Å². The minimum Gasteiger partial charge on any atom is -0.399 e. The third kappa shape index (κ3) is 3.47. The molecule has 1 fully saturated rings. The van der Waals surface area contributed by atoms with E-state index in [0.717, 1.165) is 18.8 Å². The second-order valence-corrected chi connectivity index (χ2v) is 5.54. The lowest BCUT2D eigenvalue weighted by Crippen LogP contribution is -2.46. The lowest BCUT2D eigenvalue weighted by atomic mass is 10.0. The molecule has 2 rings (SSSR count). The molecule has 1 saturated heterocycles. The van der Waals surface area contributed by atoms with E-state index in [1.165, 1.54) is 12.8 Å². The number of rotatable bonds is 4. The first kappa shape index (κ1) is 13.9. The maximum absolute atomic E-state index is 12.4. The van der Waals surface area contributed by atoms with Crippen molar-refractivity contribution in [2.24, 2.45) is 5.92 Å². The van der Waals surface area contributed by atoms with Crippen LogP contribution in [0.5, 0.6) is 0 Å². The number of hydrogen-bond acceptors (Lipinski definition) is 3. The molecule has 0 aliphatic carbocycles. The summed E-state index contributed by atoms with van der Waals surface area (Å²) >= 11 is 0. The zero-order valence-corrected chi connectivity index (χ0v) is 11.7. The molecule has 1 aromatic carbocycles. The Morgan fingerprint density at radius 3 is 2.32 bits per heavy atom.